The summed E-state index contributed by atoms with van der Waals surface area (Å²) in [5.74, 6) is -0.167. The molecule has 0 amide bonds. The highest BCUT2D eigenvalue weighted by Crippen LogP contribution is 2.31. The SMILES string of the molecule is NCC(CCc1ccccc1)N1CCc2ccc(F)cc21. The molecule has 1 heterocycles. The number of rotatable bonds is 5. The van der Waals surface area contributed by atoms with Gasteiger partial charge in [-0.3, -0.25) is 0 Å². The molecule has 0 saturated heterocycles. The lowest BCUT2D eigenvalue weighted by Gasteiger charge is -2.29. The fourth-order valence-corrected chi connectivity index (χ4v) is 3.14. The first-order chi connectivity index (χ1) is 10.3. The van der Waals surface area contributed by atoms with Gasteiger partial charge in [0.15, 0.2) is 0 Å². The first-order valence-electron chi connectivity index (χ1n) is 7.57. The van der Waals surface area contributed by atoms with Gasteiger partial charge in [0, 0.05) is 24.8 Å². The van der Waals surface area contributed by atoms with E-state index in [0.717, 1.165) is 31.5 Å². The summed E-state index contributed by atoms with van der Waals surface area (Å²) in [6, 6.07) is 15.8. The minimum absolute atomic E-state index is 0.167. The van der Waals surface area contributed by atoms with Crippen molar-refractivity contribution in [1.29, 1.82) is 0 Å². The standard InChI is InChI=1S/C18H21FN2/c19-16-8-7-15-10-11-21(18(15)12-16)17(13-20)9-6-14-4-2-1-3-5-14/h1-5,7-8,12,17H,6,9-11,13,20H2. The Bertz CT molecular complexity index is 597. The van der Waals surface area contributed by atoms with Gasteiger partial charge in [-0.1, -0.05) is 36.4 Å². The van der Waals surface area contributed by atoms with Crippen molar-refractivity contribution in [2.24, 2.45) is 5.73 Å². The number of nitrogens with zero attached hydrogens (tertiary/aromatic N) is 1. The average molecular weight is 284 g/mol. The van der Waals surface area contributed by atoms with Gasteiger partial charge in [-0.25, -0.2) is 4.39 Å². The lowest BCUT2D eigenvalue weighted by molar-refractivity contribution is 0.568. The van der Waals surface area contributed by atoms with E-state index < -0.39 is 0 Å². The van der Waals surface area contributed by atoms with Gasteiger partial charge in [0.05, 0.1) is 0 Å². The van der Waals surface area contributed by atoms with Crippen LogP contribution in [-0.4, -0.2) is 19.1 Å². The Labute approximate surface area is 125 Å². The van der Waals surface area contributed by atoms with Crippen LogP contribution in [0.2, 0.25) is 0 Å². The van der Waals surface area contributed by atoms with Crippen molar-refractivity contribution in [1.82, 2.24) is 0 Å². The van der Waals surface area contributed by atoms with E-state index in [9.17, 15) is 4.39 Å². The normalized spacial score (nSPS) is 15.0. The number of aryl methyl sites for hydroxylation is 1. The van der Waals surface area contributed by atoms with Crippen molar-refractivity contribution in [3.8, 4) is 0 Å². The Morgan fingerprint density at radius 2 is 1.95 bits per heavy atom. The van der Waals surface area contributed by atoms with E-state index in [1.807, 2.05) is 12.1 Å². The van der Waals surface area contributed by atoms with Crippen LogP contribution in [0.1, 0.15) is 17.5 Å². The van der Waals surface area contributed by atoms with E-state index in [1.54, 1.807) is 12.1 Å². The number of fused-ring (bicyclic) bond motifs is 1. The van der Waals surface area contributed by atoms with Crippen LogP contribution in [0.3, 0.4) is 0 Å². The summed E-state index contributed by atoms with van der Waals surface area (Å²) >= 11 is 0. The maximum absolute atomic E-state index is 13.5. The first-order valence-corrected chi connectivity index (χ1v) is 7.57. The van der Waals surface area contributed by atoms with Gasteiger partial charge >= 0.3 is 0 Å². The maximum Gasteiger partial charge on any atom is 0.125 e. The Morgan fingerprint density at radius 1 is 1.14 bits per heavy atom. The molecule has 3 rings (SSSR count). The number of nitrogens with two attached hydrogens (primary N) is 1. The molecule has 3 heteroatoms. The van der Waals surface area contributed by atoms with Gasteiger partial charge in [-0.05, 0) is 42.5 Å². The van der Waals surface area contributed by atoms with Gasteiger partial charge in [0.2, 0.25) is 0 Å². The number of hydrogen-bond acceptors (Lipinski definition) is 2. The van der Waals surface area contributed by atoms with Crippen LogP contribution < -0.4 is 10.6 Å². The third-order valence-electron chi connectivity index (χ3n) is 4.30. The zero-order valence-electron chi connectivity index (χ0n) is 12.1. The Balaban J connectivity index is 1.72. The third-order valence-corrected chi connectivity index (χ3v) is 4.30. The predicted octanol–water partition coefficient (Wildman–Crippen LogP) is 3.15. The fraction of sp³-hybridized carbons (Fsp3) is 0.333. The molecule has 0 aromatic heterocycles. The zero-order chi connectivity index (χ0) is 14.7. The Hall–Kier alpha value is -1.87. The second-order valence-corrected chi connectivity index (χ2v) is 5.63. The molecule has 21 heavy (non-hydrogen) atoms. The molecule has 0 aliphatic carbocycles. The van der Waals surface area contributed by atoms with Crippen LogP contribution in [0.25, 0.3) is 0 Å². The van der Waals surface area contributed by atoms with E-state index in [0.29, 0.717) is 6.54 Å². The quantitative estimate of drug-likeness (QED) is 0.914. The molecule has 2 N–H and O–H groups in total. The van der Waals surface area contributed by atoms with Crippen LogP contribution >= 0.6 is 0 Å². The van der Waals surface area contributed by atoms with Gasteiger partial charge < -0.3 is 10.6 Å². The highest BCUT2D eigenvalue weighted by atomic mass is 19.1. The summed E-state index contributed by atoms with van der Waals surface area (Å²) in [4.78, 5) is 2.28. The van der Waals surface area contributed by atoms with Crippen LogP contribution in [0.5, 0.6) is 0 Å². The van der Waals surface area contributed by atoms with Crippen molar-refractivity contribution < 1.29 is 4.39 Å². The molecular formula is C18H21FN2. The molecule has 2 nitrogen and oxygen atoms in total. The second kappa shape index (κ2) is 6.27. The van der Waals surface area contributed by atoms with Crippen molar-refractivity contribution >= 4 is 5.69 Å². The van der Waals surface area contributed by atoms with E-state index in [4.69, 9.17) is 5.73 Å². The summed E-state index contributed by atoms with van der Waals surface area (Å²) in [5, 5.41) is 0. The van der Waals surface area contributed by atoms with Crippen molar-refractivity contribution in [2.75, 3.05) is 18.0 Å². The Morgan fingerprint density at radius 3 is 2.71 bits per heavy atom. The summed E-state index contributed by atoms with van der Waals surface area (Å²) in [5.41, 5.74) is 9.56. The molecule has 110 valence electrons. The molecule has 2 aromatic rings. The molecular weight excluding hydrogens is 263 g/mol. The van der Waals surface area contributed by atoms with E-state index in [1.165, 1.54) is 11.1 Å². The molecule has 1 atom stereocenters. The topological polar surface area (TPSA) is 29.3 Å². The zero-order valence-corrected chi connectivity index (χ0v) is 12.1. The second-order valence-electron chi connectivity index (χ2n) is 5.63. The maximum atomic E-state index is 13.5. The van der Waals surface area contributed by atoms with E-state index >= 15 is 0 Å². The molecule has 0 fully saturated rings. The van der Waals surface area contributed by atoms with Gasteiger partial charge in [-0.2, -0.15) is 0 Å². The van der Waals surface area contributed by atoms with Crippen LogP contribution in [0, 0.1) is 5.82 Å². The lowest BCUT2D eigenvalue weighted by Crippen LogP contribution is -2.40. The average Bonchev–Trinajstić information content (AvgIpc) is 2.92. The molecule has 0 saturated carbocycles. The molecule has 1 aliphatic heterocycles. The predicted molar refractivity (Wildman–Crippen MR) is 85.1 cm³/mol. The number of anilines is 1. The Kier molecular flexibility index (Phi) is 4.20. The molecule has 0 spiro atoms. The number of benzene rings is 2. The van der Waals surface area contributed by atoms with Crippen LogP contribution in [-0.2, 0) is 12.8 Å². The highest BCUT2D eigenvalue weighted by molar-refractivity contribution is 5.59. The van der Waals surface area contributed by atoms with E-state index in [2.05, 4.69) is 29.2 Å². The summed E-state index contributed by atoms with van der Waals surface area (Å²) in [7, 11) is 0. The number of halogens is 1. The lowest BCUT2D eigenvalue weighted by atomic mass is 10.0. The van der Waals surface area contributed by atoms with Gasteiger partial charge in [0.25, 0.3) is 0 Å². The molecule has 0 radical (unpaired) electrons. The highest BCUT2D eigenvalue weighted by Gasteiger charge is 2.25. The monoisotopic (exact) mass is 284 g/mol. The van der Waals surface area contributed by atoms with Crippen LogP contribution in [0.4, 0.5) is 10.1 Å². The molecule has 1 unspecified atom stereocenters. The summed E-state index contributed by atoms with van der Waals surface area (Å²) in [6.07, 6.45) is 2.98. The minimum Gasteiger partial charge on any atom is -0.367 e. The smallest absolute Gasteiger partial charge is 0.125 e. The molecule has 1 aliphatic rings. The number of hydrogen-bond donors (Lipinski definition) is 1. The largest absolute Gasteiger partial charge is 0.367 e. The van der Waals surface area contributed by atoms with Crippen LogP contribution in [0.15, 0.2) is 48.5 Å². The van der Waals surface area contributed by atoms with E-state index in [-0.39, 0.29) is 11.9 Å². The first kappa shape index (κ1) is 14.1. The van der Waals surface area contributed by atoms with Gasteiger partial charge in [0.1, 0.15) is 5.82 Å². The third kappa shape index (κ3) is 3.08. The minimum atomic E-state index is -0.167. The fourth-order valence-electron chi connectivity index (χ4n) is 3.14. The summed E-state index contributed by atoms with van der Waals surface area (Å²) in [6.45, 7) is 1.54. The molecule has 2 aromatic carbocycles. The molecule has 0 bridgehead atoms. The van der Waals surface area contributed by atoms with Gasteiger partial charge in [-0.15, -0.1) is 0 Å². The van der Waals surface area contributed by atoms with Crippen molar-refractivity contribution in [3.63, 3.8) is 0 Å². The van der Waals surface area contributed by atoms with Crippen molar-refractivity contribution in [3.05, 3.63) is 65.5 Å². The van der Waals surface area contributed by atoms with Crippen molar-refractivity contribution in [2.45, 2.75) is 25.3 Å². The summed E-state index contributed by atoms with van der Waals surface area (Å²) < 4.78 is 13.5.